The molecule has 108 valence electrons. The van der Waals surface area contributed by atoms with E-state index in [4.69, 9.17) is 4.42 Å². The van der Waals surface area contributed by atoms with Gasteiger partial charge in [-0.25, -0.2) is 4.98 Å². The molecule has 0 atom stereocenters. The van der Waals surface area contributed by atoms with Crippen molar-refractivity contribution in [2.24, 2.45) is 0 Å². The van der Waals surface area contributed by atoms with Gasteiger partial charge in [-0.2, -0.15) is 24.9 Å². The third-order valence-electron chi connectivity index (χ3n) is 2.50. The average molecular weight is 302 g/mol. The van der Waals surface area contributed by atoms with Crippen molar-refractivity contribution in [1.82, 2.24) is 9.97 Å². The average Bonchev–Trinajstić information content (AvgIpc) is 2.87. The summed E-state index contributed by atoms with van der Waals surface area (Å²) in [6, 6.07) is 0.922. The van der Waals surface area contributed by atoms with Crippen molar-refractivity contribution in [3.63, 3.8) is 0 Å². The molecule has 0 bridgehead atoms. The summed E-state index contributed by atoms with van der Waals surface area (Å²) in [5.74, 6) is 2.09. The summed E-state index contributed by atoms with van der Waals surface area (Å²) < 4.78 is 44.0. The molecule has 0 unspecified atom stereocenters. The van der Waals surface area contributed by atoms with Crippen molar-refractivity contribution in [2.45, 2.75) is 25.3 Å². The third kappa shape index (κ3) is 3.53. The van der Waals surface area contributed by atoms with Gasteiger partial charge in [0.25, 0.3) is 0 Å². The summed E-state index contributed by atoms with van der Waals surface area (Å²) in [5.41, 5.74) is -0.922. The molecule has 0 amide bonds. The highest BCUT2D eigenvalue weighted by Gasteiger charge is 2.34. The highest BCUT2D eigenvalue weighted by molar-refractivity contribution is 7.98. The molecule has 20 heavy (non-hydrogen) atoms. The minimum Gasteiger partial charge on any atom is -0.440 e. The van der Waals surface area contributed by atoms with Crippen LogP contribution >= 0.6 is 11.8 Å². The Balaban J connectivity index is 2.24. The second kappa shape index (κ2) is 6.30. The van der Waals surface area contributed by atoms with Gasteiger partial charge in [0.05, 0.1) is 23.1 Å². The van der Waals surface area contributed by atoms with E-state index in [1.165, 1.54) is 6.20 Å². The van der Waals surface area contributed by atoms with Gasteiger partial charge in [-0.1, -0.05) is 6.92 Å². The molecule has 0 spiro atoms. The van der Waals surface area contributed by atoms with Gasteiger partial charge in [0.15, 0.2) is 0 Å². The number of hydrogen-bond acceptors (Lipinski definition) is 4. The van der Waals surface area contributed by atoms with Crippen LogP contribution in [0.2, 0.25) is 0 Å². The predicted molar refractivity (Wildman–Crippen MR) is 71.2 cm³/mol. The maximum atomic E-state index is 12.9. The maximum absolute atomic E-state index is 12.9. The fraction of sp³-hybridized carbons (Fsp3) is 0.385. The number of pyridine rings is 1. The molecule has 0 fully saturated rings. The molecule has 3 nitrogen and oxygen atoms in total. The molecular weight excluding hydrogens is 289 g/mol. The lowest BCUT2D eigenvalue weighted by Crippen LogP contribution is -2.07. The second-order valence-corrected chi connectivity index (χ2v) is 5.21. The Bertz CT molecular complexity index is 569. The van der Waals surface area contributed by atoms with Crippen LogP contribution in [0.5, 0.6) is 0 Å². The quantitative estimate of drug-likeness (QED) is 0.767. The minimum absolute atomic E-state index is 0.0440. The van der Waals surface area contributed by atoms with E-state index in [0.29, 0.717) is 11.5 Å². The van der Waals surface area contributed by atoms with Crippen LogP contribution in [0.4, 0.5) is 13.2 Å². The number of oxazole rings is 1. The van der Waals surface area contributed by atoms with Crippen LogP contribution in [0, 0.1) is 0 Å². The molecule has 2 aromatic rings. The van der Waals surface area contributed by atoms with E-state index >= 15 is 0 Å². The highest BCUT2D eigenvalue weighted by Crippen LogP contribution is 2.36. The number of aromatic nitrogens is 2. The molecule has 0 aliphatic rings. The molecule has 0 saturated carbocycles. The SMILES string of the molecule is CCCSCc1cnc(-c2cnccc2C(F)(F)F)o1. The van der Waals surface area contributed by atoms with Crippen LogP contribution in [0.3, 0.4) is 0 Å². The molecule has 2 aromatic heterocycles. The van der Waals surface area contributed by atoms with Gasteiger partial charge in [0.2, 0.25) is 5.89 Å². The minimum atomic E-state index is -4.45. The normalized spacial score (nSPS) is 11.8. The first-order valence-electron chi connectivity index (χ1n) is 6.06. The third-order valence-corrected chi connectivity index (χ3v) is 3.69. The van der Waals surface area contributed by atoms with E-state index in [1.807, 2.05) is 0 Å². The number of alkyl halides is 3. The van der Waals surface area contributed by atoms with Crippen LogP contribution in [0.15, 0.2) is 29.1 Å². The van der Waals surface area contributed by atoms with Crippen molar-refractivity contribution in [1.29, 1.82) is 0 Å². The molecular formula is C13H13F3N2OS. The highest BCUT2D eigenvalue weighted by atomic mass is 32.2. The summed E-state index contributed by atoms with van der Waals surface area (Å²) in [5, 5.41) is 0. The maximum Gasteiger partial charge on any atom is 0.417 e. The van der Waals surface area contributed by atoms with Crippen molar-refractivity contribution in [3.8, 4) is 11.5 Å². The van der Waals surface area contributed by atoms with Gasteiger partial charge in [-0.05, 0) is 18.2 Å². The Morgan fingerprint density at radius 2 is 2.10 bits per heavy atom. The van der Waals surface area contributed by atoms with Gasteiger partial charge in [-0.15, -0.1) is 0 Å². The summed E-state index contributed by atoms with van der Waals surface area (Å²) in [6.07, 6.45) is 0.270. The Kier molecular flexibility index (Phi) is 4.69. The van der Waals surface area contributed by atoms with Crippen LogP contribution in [-0.4, -0.2) is 15.7 Å². The molecule has 0 aromatic carbocycles. The number of rotatable bonds is 5. The predicted octanol–water partition coefficient (Wildman–Crippen LogP) is 4.40. The molecule has 0 N–H and O–H groups in total. The van der Waals surface area contributed by atoms with E-state index in [-0.39, 0.29) is 11.5 Å². The Hall–Kier alpha value is -1.50. The topological polar surface area (TPSA) is 38.9 Å². The zero-order chi connectivity index (χ0) is 14.6. The lowest BCUT2D eigenvalue weighted by molar-refractivity contribution is -0.137. The van der Waals surface area contributed by atoms with Crippen molar-refractivity contribution >= 4 is 11.8 Å². The van der Waals surface area contributed by atoms with Gasteiger partial charge in [-0.3, -0.25) is 4.98 Å². The van der Waals surface area contributed by atoms with Crippen LogP contribution in [-0.2, 0) is 11.9 Å². The van der Waals surface area contributed by atoms with Gasteiger partial charge >= 0.3 is 6.18 Å². The monoisotopic (exact) mass is 302 g/mol. The van der Waals surface area contributed by atoms with E-state index in [9.17, 15) is 13.2 Å². The molecule has 2 rings (SSSR count). The first-order chi connectivity index (χ1) is 9.52. The zero-order valence-electron chi connectivity index (χ0n) is 10.8. The van der Waals surface area contributed by atoms with Crippen LogP contribution in [0.25, 0.3) is 11.5 Å². The molecule has 0 radical (unpaired) electrons. The smallest absolute Gasteiger partial charge is 0.417 e. The largest absolute Gasteiger partial charge is 0.440 e. The number of thioether (sulfide) groups is 1. The summed E-state index contributed by atoms with van der Waals surface area (Å²) in [4.78, 5) is 7.63. The molecule has 0 aliphatic carbocycles. The van der Waals surface area contributed by atoms with Crippen molar-refractivity contribution in [3.05, 3.63) is 36.0 Å². The van der Waals surface area contributed by atoms with Gasteiger partial charge in [0.1, 0.15) is 5.76 Å². The number of hydrogen-bond donors (Lipinski definition) is 0. The molecule has 2 heterocycles. The first kappa shape index (κ1) is 14.9. The van der Waals surface area contributed by atoms with Crippen LogP contribution in [0.1, 0.15) is 24.7 Å². The summed E-state index contributed by atoms with van der Waals surface area (Å²) in [7, 11) is 0. The van der Waals surface area contributed by atoms with E-state index < -0.39 is 11.7 Å². The van der Waals surface area contributed by atoms with E-state index in [0.717, 1.165) is 30.6 Å². The van der Waals surface area contributed by atoms with Gasteiger partial charge in [0, 0.05) is 12.4 Å². The Morgan fingerprint density at radius 1 is 1.30 bits per heavy atom. The fourth-order valence-electron chi connectivity index (χ4n) is 1.63. The number of halogens is 3. The summed E-state index contributed by atoms with van der Waals surface area (Å²) in [6.45, 7) is 2.06. The number of nitrogens with zero attached hydrogens (tertiary/aromatic N) is 2. The standard InChI is InChI=1S/C13H13F3N2OS/c1-2-5-20-8-9-6-18-12(19-9)10-7-17-4-3-11(10)13(14,15)16/h3-4,6-7H,2,5,8H2,1H3. The van der Waals surface area contributed by atoms with E-state index in [1.54, 1.807) is 11.8 Å². The van der Waals surface area contributed by atoms with Crippen molar-refractivity contribution < 1.29 is 17.6 Å². The second-order valence-electron chi connectivity index (χ2n) is 4.10. The Labute approximate surface area is 118 Å². The summed E-state index contributed by atoms with van der Waals surface area (Å²) >= 11 is 1.65. The lowest BCUT2D eigenvalue weighted by atomic mass is 10.1. The Morgan fingerprint density at radius 3 is 2.80 bits per heavy atom. The van der Waals surface area contributed by atoms with Crippen LogP contribution < -0.4 is 0 Å². The molecule has 7 heteroatoms. The molecule has 0 saturated heterocycles. The van der Waals surface area contributed by atoms with Crippen molar-refractivity contribution in [2.75, 3.05) is 5.75 Å². The van der Waals surface area contributed by atoms with E-state index in [2.05, 4.69) is 16.9 Å². The zero-order valence-corrected chi connectivity index (χ0v) is 11.6. The van der Waals surface area contributed by atoms with Gasteiger partial charge < -0.3 is 4.42 Å². The first-order valence-corrected chi connectivity index (χ1v) is 7.22. The lowest BCUT2D eigenvalue weighted by Gasteiger charge is -2.09. The fourth-order valence-corrected chi connectivity index (χ4v) is 2.40. The molecule has 0 aliphatic heterocycles.